The van der Waals surface area contributed by atoms with Gasteiger partial charge in [0.15, 0.2) is 6.23 Å². The number of amides is 2. The molecule has 0 aromatic heterocycles. The second-order valence-corrected chi connectivity index (χ2v) is 16.8. The summed E-state index contributed by atoms with van der Waals surface area (Å²) in [5.41, 5.74) is 0.718. The first-order valence-electron chi connectivity index (χ1n) is 13.1. The minimum atomic E-state index is -6.04. The van der Waals surface area contributed by atoms with Crippen LogP contribution in [0.3, 0.4) is 0 Å². The lowest BCUT2D eigenvalue weighted by Crippen LogP contribution is -2.54. The maximum Gasteiger partial charge on any atom is 0.490 e. The van der Waals surface area contributed by atoms with Crippen LogP contribution in [0.15, 0.2) is 66.1 Å². The number of aliphatic hydroxyl groups is 2. The van der Waals surface area contributed by atoms with Crippen molar-refractivity contribution in [3.05, 3.63) is 71.6 Å². The average molecular weight is 728 g/mol. The van der Waals surface area contributed by atoms with Crippen LogP contribution in [0, 0.1) is 0 Å². The van der Waals surface area contributed by atoms with Gasteiger partial charge in [0.25, 0.3) is 0 Å². The van der Waals surface area contributed by atoms with Crippen LogP contribution < -0.4 is 5.32 Å². The monoisotopic (exact) mass is 728 g/mol. The smallest absolute Gasteiger partial charge is 0.471 e. The maximum atomic E-state index is 12.6. The lowest BCUT2D eigenvalue weighted by Gasteiger charge is -2.33. The van der Waals surface area contributed by atoms with Crippen LogP contribution in [0.2, 0.25) is 0 Å². The predicted molar refractivity (Wildman–Crippen MR) is 154 cm³/mol. The Kier molecular flexibility index (Phi) is 9.89. The molecule has 3 aliphatic heterocycles. The fourth-order valence-electron chi connectivity index (χ4n) is 4.83. The summed E-state index contributed by atoms with van der Waals surface area (Å²) in [5, 5.41) is 24.5. The number of hydrogen-bond donors (Lipinski definition) is 7. The number of hydrogen-bond acceptors (Lipinski definition) is 13. The molecule has 5 rings (SSSR count). The third kappa shape index (κ3) is 8.23. The first-order chi connectivity index (χ1) is 21.3. The number of allylic oxidation sites excluding steroid dienone is 1. The highest BCUT2D eigenvalue weighted by Gasteiger charge is 2.50. The van der Waals surface area contributed by atoms with Crippen LogP contribution in [0.5, 0.6) is 0 Å². The lowest BCUT2D eigenvalue weighted by molar-refractivity contribution is -0.0675. The number of nitrogens with one attached hydrogen (secondary N) is 1. The number of rotatable bonds is 12. The SMILES string of the molecule is CC1=CC2=CN(C3OC(COP(=O)(O)OP(=O)(O)OP(=O)(O)OP(=O)(O)Cc4cccc5ccccc45)C(O)C3O)C(=O)NC2O1. The van der Waals surface area contributed by atoms with E-state index in [4.69, 9.17) is 9.47 Å². The first-order valence-corrected chi connectivity index (χ1v) is 19.3. The van der Waals surface area contributed by atoms with Gasteiger partial charge in [0, 0.05) is 11.8 Å². The van der Waals surface area contributed by atoms with Gasteiger partial charge in [0.05, 0.1) is 18.5 Å². The van der Waals surface area contributed by atoms with Crippen LogP contribution in [0.1, 0.15) is 12.5 Å². The van der Waals surface area contributed by atoms with Crippen LogP contribution in [-0.4, -0.2) is 78.1 Å². The molecule has 1 fully saturated rings. The number of carbonyl (C=O) groups is 1. The Hall–Kier alpha value is -2.27. The number of nitrogens with zero attached hydrogens (tertiary/aromatic N) is 1. The molecule has 0 bridgehead atoms. The summed E-state index contributed by atoms with van der Waals surface area (Å²) < 4.78 is 77.2. The average Bonchev–Trinajstić information content (AvgIpc) is 3.42. The summed E-state index contributed by atoms with van der Waals surface area (Å²) in [7, 11) is -22.7. The summed E-state index contributed by atoms with van der Waals surface area (Å²) in [5.74, 6) is 0.497. The number of urea groups is 1. The van der Waals surface area contributed by atoms with Gasteiger partial charge in [-0.3, -0.25) is 19.3 Å². The number of benzene rings is 2. The van der Waals surface area contributed by atoms with Crippen molar-refractivity contribution < 1.29 is 79.8 Å². The number of phosphoric acid groups is 3. The molecule has 19 nitrogen and oxygen atoms in total. The summed E-state index contributed by atoms with van der Waals surface area (Å²) in [6.07, 6.45) is -5.38. The molecule has 7 N–H and O–H groups in total. The number of carbonyl (C=O) groups excluding carboxylic acids is 1. The van der Waals surface area contributed by atoms with Gasteiger partial charge in [-0.2, -0.15) is 8.62 Å². The second-order valence-electron chi connectivity index (χ2n) is 10.2. The molecule has 3 heterocycles. The second kappa shape index (κ2) is 13.0. The van der Waals surface area contributed by atoms with Gasteiger partial charge in [-0.15, -0.1) is 0 Å². The Labute approximate surface area is 259 Å². The lowest BCUT2D eigenvalue weighted by atomic mass is 10.1. The molecule has 252 valence electrons. The topological polar surface area (TPSA) is 277 Å². The minimum Gasteiger partial charge on any atom is -0.471 e. The van der Waals surface area contributed by atoms with E-state index in [1.54, 1.807) is 49.4 Å². The van der Waals surface area contributed by atoms with Gasteiger partial charge >= 0.3 is 37.1 Å². The fourth-order valence-corrected chi connectivity index (χ4v) is 10.4. The number of aliphatic hydroxyl groups excluding tert-OH is 2. The maximum absolute atomic E-state index is 12.6. The highest BCUT2D eigenvalue weighted by Crippen LogP contribution is 2.71. The third-order valence-electron chi connectivity index (χ3n) is 6.66. The third-order valence-corrected chi connectivity index (χ3v) is 13.0. The molecule has 3 aliphatic rings. The van der Waals surface area contributed by atoms with Gasteiger partial charge in [0.1, 0.15) is 18.3 Å². The molecule has 0 radical (unpaired) electrons. The van der Waals surface area contributed by atoms with E-state index in [1.165, 1.54) is 12.3 Å². The number of fused-ring (bicyclic) bond motifs is 2. The van der Waals surface area contributed by atoms with Crippen molar-refractivity contribution >= 4 is 47.9 Å². The fraction of sp³-hybridized carbons (Fsp3) is 0.348. The molecule has 0 aliphatic carbocycles. The predicted octanol–water partition coefficient (Wildman–Crippen LogP) is 2.51. The Morgan fingerprint density at radius 2 is 1.54 bits per heavy atom. The Bertz CT molecular complexity index is 1780. The van der Waals surface area contributed by atoms with Crippen molar-refractivity contribution in [3.63, 3.8) is 0 Å². The van der Waals surface area contributed by atoms with Crippen LogP contribution in [-0.2, 0) is 51.4 Å². The molecule has 23 heteroatoms. The molecular weight excluding hydrogens is 700 g/mol. The largest absolute Gasteiger partial charge is 0.490 e. The van der Waals surface area contributed by atoms with Crippen LogP contribution >= 0.6 is 31.1 Å². The van der Waals surface area contributed by atoms with E-state index in [1.807, 2.05) is 0 Å². The highest BCUT2D eigenvalue weighted by molar-refractivity contribution is 7.70. The van der Waals surface area contributed by atoms with Gasteiger partial charge in [0.2, 0.25) is 6.23 Å². The zero-order valence-corrected chi connectivity index (χ0v) is 27.0. The molecule has 9 unspecified atom stereocenters. The summed E-state index contributed by atoms with van der Waals surface area (Å²) in [4.78, 5) is 53.3. The molecule has 0 saturated carbocycles. The minimum absolute atomic E-state index is 0.227. The van der Waals surface area contributed by atoms with E-state index in [0.29, 0.717) is 22.1 Å². The van der Waals surface area contributed by atoms with Crippen molar-refractivity contribution in [2.45, 2.75) is 43.9 Å². The van der Waals surface area contributed by atoms with E-state index >= 15 is 0 Å². The normalized spacial score (nSPS) is 29.8. The molecule has 46 heavy (non-hydrogen) atoms. The van der Waals surface area contributed by atoms with E-state index in [9.17, 15) is 52.8 Å². The zero-order valence-electron chi connectivity index (χ0n) is 23.4. The summed E-state index contributed by atoms with van der Waals surface area (Å²) in [6, 6.07) is 10.6. The standard InChI is InChI=1S/C23H28N2O17P4/c1-13-9-16-10-25(23(28)24-21(16)38-13)22-20(27)19(26)18(39-22)11-37-44(31,32)41-46(35,36)42-45(33,34)40-43(29,30)12-15-7-4-6-14-5-2-3-8-17(14)15/h2-10,18-22,26-27H,11-12H2,1H3,(H,24,28)(H,29,30)(H,31,32)(H,33,34)(H,35,36). The summed E-state index contributed by atoms with van der Waals surface area (Å²) >= 11 is 0. The van der Waals surface area contributed by atoms with E-state index in [-0.39, 0.29) is 5.56 Å². The van der Waals surface area contributed by atoms with Crippen LogP contribution in [0.4, 0.5) is 4.79 Å². The zero-order chi connectivity index (χ0) is 33.7. The van der Waals surface area contributed by atoms with E-state index in [0.717, 1.165) is 4.90 Å². The Balaban J connectivity index is 1.17. The van der Waals surface area contributed by atoms with Gasteiger partial charge < -0.3 is 39.3 Å². The number of ether oxygens (including phenoxy) is 2. The molecule has 2 aromatic rings. The van der Waals surface area contributed by atoms with Crippen molar-refractivity contribution in [3.8, 4) is 0 Å². The molecule has 2 aromatic carbocycles. The van der Waals surface area contributed by atoms with Crippen molar-refractivity contribution in [1.82, 2.24) is 10.2 Å². The van der Waals surface area contributed by atoms with Gasteiger partial charge in [-0.1, -0.05) is 42.5 Å². The molecule has 1 saturated heterocycles. The molecular formula is C23H28N2O17P4. The Morgan fingerprint density at radius 3 is 2.28 bits per heavy atom. The molecule has 9 atom stereocenters. The van der Waals surface area contributed by atoms with E-state index < -0.39 is 80.6 Å². The summed E-state index contributed by atoms with van der Waals surface area (Å²) in [6.45, 7) is 0.563. The Morgan fingerprint density at radius 1 is 0.891 bits per heavy atom. The van der Waals surface area contributed by atoms with Crippen molar-refractivity contribution in [1.29, 1.82) is 0 Å². The molecule has 0 spiro atoms. The molecule has 2 amide bonds. The number of phosphoric ester groups is 1. The van der Waals surface area contributed by atoms with Gasteiger partial charge in [-0.25, -0.2) is 22.8 Å². The van der Waals surface area contributed by atoms with E-state index in [2.05, 4.69) is 22.8 Å². The van der Waals surface area contributed by atoms with Crippen molar-refractivity contribution in [2.75, 3.05) is 6.61 Å². The highest BCUT2D eigenvalue weighted by atomic mass is 31.3. The quantitative estimate of drug-likeness (QED) is 0.155. The van der Waals surface area contributed by atoms with Crippen molar-refractivity contribution in [2.24, 2.45) is 0 Å². The van der Waals surface area contributed by atoms with Crippen LogP contribution in [0.25, 0.3) is 10.8 Å². The van der Waals surface area contributed by atoms with Gasteiger partial charge in [-0.05, 0) is 29.3 Å². The first kappa shape index (κ1) is 35.0.